The van der Waals surface area contributed by atoms with Gasteiger partial charge in [0.1, 0.15) is 6.10 Å². The lowest BCUT2D eigenvalue weighted by Crippen LogP contribution is -2.47. The Hall–Kier alpha value is -1.10. The fourth-order valence-corrected chi connectivity index (χ4v) is 3.63. The van der Waals surface area contributed by atoms with Crippen molar-refractivity contribution in [1.82, 2.24) is 9.80 Å². The largest absolute Gasteiger partial charge is 0.463 e. The van der Waals surface area contributed by atoms with Crippen molar-refractivity contribution in [3.05, 3.63) is 0 Å². The predicted octanol–water partition coefficient (Wildman–Crippen LogP) is 1.41. The molecule has 0 N–H and O–H groups in total. The molecule has 0 radical (unpaired) electrons. The molecule has 118 valence electrons. The molecule has 1 heterocycles. The summed E-state index contributed by atoms with van der Waals surface area (Å²) in [5.41, 5.74) is 0. The molecule has 21 heavy (non-hydrogen) atoms. The molecule has 3 fully saturated rings. The highest BCUT2D eigenvalue weighted by Gasteiger charge is 2.39. The quantitative estimate of drug-likeness (QED) is 0.739. The lowest BCUT2D eigenvalue weighted by Gasteiger charge is -2.38. The Morgan fingerprint density at radius 3 is 2.38 bits per heavy atom. The zero-order valence-electron chi connectivity index (χ0n) is 12.9. The summed E-state index contributed by atoms with van der Waals surface area (Å²) in [6.45, 7) is 5.34. The standard InChI is InChI=1S/C16H26N2O3/c1-12(19)21-15-10-13(11-15)16(20)18-7-3-6-17(8-9-18)14-4-2-5-14/h13-15H,2-11H2,1H3. The third kappa shape index (κ3) is 3.39. The monoisotopic (exact) mass is 294 g/mol. The fraction of sp³-hybridized carbons (Fsp3) is 0.875. The number of hydrogen-bond acceptors (Lipinski definition) is 4. The van der Waals surface area contributed by atoms with Crippen LogP contribution in [0.5, 0.6) is 0 Å². The second-order valence-electron chi connectivity index (χ2n) is 6.70. The van der Waals surface area contributed by atoms with Crippen LogP contribution in [0.25, 0.3) is 0 Å². The van der Waals surface area contributed by atoms with Crippen molar-refractivity contribution in [2.75, 3.05) is 26.2 Å². The summed E-state index contributed by atoms with van der Waals surface area (Å²) in [7, 11) is 0. The summed E-state index contributed by atoms with van der Waals surface area (Å²) in [4.78, 5) is 28.0. The number of carbonyl (C=O) groups excluding carboxylic acids is 2. The number of nitrogens with zero attached hydrogens (tertiary/aromatic N) is 2. The highest BCUT2D eigenvalue weighted by atomic mass is 16.5. The average molecular weight is 294 g/mol. The molecule has 1 aliphatic heterocycles. The molecule has 0 spiro atoms. The summed E-state index contributed by atoms with van der Waals surface area (Å²) < 4.78 is 5.13. The number of amides is 1. The first-order valence-corrected chi connectivity index (χ1v) is 8.33. The summed E-state index contributed by atoms with van der Waals surface area (Å²) in [6.07, 6.45) is 6.50. The van der Waals surface area contributed by atoms with E-state index in [9.17, 15) is 9.59 Å². The maximum atomic E-state index is 12.5. The van der Waals surface area contributed by atoms with Gasteiger partial charge in [-0.05, 0) is 32.1 Å². The first-order valence-electron chi connectivity index (χ1n) is 8.33. The van der Waals surface area contributed by atoms with Crippen LogP contribution in [0.4, 0.5) is 0 Å². The number of hydrogen-bond donors (Lipinski definition) is 0. The Bertz CT molecular complexity index is 402. The number of rotatable bonds is 3. The minimum Gasteiger partial charge on any atom is -0.463 e. The summed E-state index contributed by atoms with van der Waals surface area (Å²) in [6, 6.07) is 0.775. The third-order valence-electron chi connectivity index (χ3n) is 5.21. The smallest absolute Gasteiger partial charge is 0.302 e. The van der Waals surface area contributed by atoms with Gasteiger partial charge in [-0.25, -0.2) is 0 Å². The fourth-order valence-electron chi connectivity index (χ4n) is 3.63. The second kappa shape index (κ2) is 6.34. The van der Waals surface area contributed by atoms with Gasteiger partial charge in [-0.2, -0.15) is 0 Å². The van der Waals surface area contributed by atoms with E-state index in [4.69, 9.17) is 4.74 Å². The Labute approximate surface area is 126 Å². The van der Waals surface area contributed by atoms with Crippen LogP contribution >= 0.6 is 0 Å². The van der Waals surface area contributed by atoms with E-state index in [1.165, 1.54) is 26.2 Å². The number of carbonyl (C=O) groups is 2. The molecule has 2 aliphatic carbocycles. The average Bonchev–Trinajstić information content (AvgIpc) is 2.56. The molecule has 1 amide bonds. The second-order valence-corrected chi connectivity index (χ2v) is 6.70. The molecule has 0 unspecified atom stereocenters. The zero-order chi connectivity index (χ0) is 14.8. The van der Waals surface area contributed by atoms with Crippen LogP contribution in [0.2, 0.25) is 0 Å². The molecular weight excluding hydrogens is 268 g/mol. The van der Waals surface area contributed by atoms with E-state index >= 15 is 0 Å². The molecule has 0 bridgehead atoms. The Morgan fingerprint density at radius 1 is 1.00 bits per heavy atom. The van der Waals surface area contributed by atoms with Gasteiger partial charge in [0.2, 0.25) is 5.91 Å². The van der Waals surface area contributed by atoms with Crippen LogP contribution in [0.1, 0.15) is 45.4 Å². The number of esters is 1. The Balaban J connectivity index is 1.44. The maximum Gasteiger partial charge on any atom is 0.302 e. The van der Waals surface area contributed by atoms with Crippen molar-refractivity contribution in [1.29, 1.82) is 0 Å². The van der Waals surface area contributed by atoms with Gasteiger partial charge in [-0.15, -0.1) is 0 Å². The SMILES string of the molecule is CC(=O)OC1CC(C(=O)N2CCCN(C3CCC3)CC2)C1. The highest BCUT2D eigenvalue weighted by Crippen LogP contribution is 2.32. The maximum absolute atomic E-state index is 12.5. The van der Waals surface area contributed by atoms with Gasteiger partial charge >= 0.3 is 5.97 Å². The molecule has 1 saturated heterocycles. The minimum absolute atomic E-state index is 0.0325. The van der Waals surface area contributed by atoms with E-state index in [0.29, 0.717) is 12.8 Å². The topological polar surface area (TPSA) is 49.9 Å². The van der Waals surface area contributed by atoms with Gasteiger partial charge in [0.05, 0.1) is 0 Å². The third-order valence-corrected chi connectivity index (χ3v) is 5.21. The molecule has 5 nitrogen and oxygen atoms in total. The Morgan fingerprint density at radius 2 is 1.76 bits per heavy atom. The van der Waals surface area contributed by atoms with Gasteiger partial charge in [-0.1, -0.05) is 6.42 Å². The van der Waals surface area contributed by atoms with E-state index in [1.807, 2.05) is 4.90 Å². The van der Waals surface area contributed by atoms with Gasteiger partial charge in [-0.3, -0.25) is 14.5 Å². The van der Waals surface area contributed by atoms with Crippen LogP contribution in [-0.4, -0.2) is 60.0 Å². The number of ether oxygens (including phenoxy) is 1. The highest BCUT2D eigenvalue weighted by molar-refractivity contribution is 5.80. The molecule has 0 aromatic rings. The van der Waals surface area contributed by atoms with Crippen molar-refractivity contribution in [3.63, 3.8) is 0 Å². The summed E-state index contributed by atoms with van der Waals surface area (Å²) >= 11 is 0. The lowest BCUT2D eigenvalue weighted by molar-refractivity contribution is -0.159. The molecule has 5 heteroatoms. The van der Waals surface area contributed by atoms with Crippen molar-refractivity contribution < 1.29 is 14.3 Å². The van der Waals surface area contributed by atoms with Crippen LogP contribution < -0.4 is 0 Å². The first-order chi connectivity index (χ1) is 10.1. The van der Waals surface area contributed by atoms with Crippen molar-refractivity contribution in [2.45, 2.75) is 57.6 Å². The molecule has 2 saturated carbocycles. The van der Waals surface area contributed by atoms with Crippen molar-refractivity contribution >= 4 is 11.9 Å². The van der Waals surface area contributed by atoms with Crippen LogP contribution in [0.3, 0.4) is 0 Å². The molecule has 0 aromatic heterocycles. The van der Waals surface area contributed by atoms with Gasteiger partial charge in [0.25, 0.3) is 0 Å². The van der Waals surface area contributed by atoms with E-state index in [1.54, 1.807) is 0 Å². The predicted molar refractivity (Wildman–Crippen MR) is 78.7 cm³/mol. The molecule has 3 rings (SSSR count). The van der Waals surface area contributed by atoms with Gasteiger partial charge < -0.3 is 9.64 Å². The summed E-state index contributed by atoms with van der Waals surface area (Å²) in [5.74, 6) is 0.107. The van der Waals surface area contributed by atoms with Crippen LogP contribution in [0.15, 0.2) is 0 Å². The van der Waals surface area contributed by atoms with Gasteiger partial charge in [0.15, 0.2) is 0 Å². The summed E-state index contributed by atoms with van der Waals surface area (Å²) in [5, 5.41) is 0. The van der Waals surface area contributed by atoms with Crippen molar-refractivity contribution in [3.8, 4) is 0 Å². The molecule has 0 atom stereocenters. The van der Waals surface area contributed by atoms with E-state index in [-0.39, 0.29) is 23.9 Å². The van der Waals surface area contributed by atoms with E-state index in [0.717, 1.165) is 38.6 Å². The lowest BCUT2D eigenvalue weighted by atomic mass is 9.81. The van der Waals surface area contributed by atoms with E-state index in [2.05, 4.69) is 4.90 Å². The zero-order valence-corrected chi connectivity index (χ0v) is 12.9. The minimum atomic E-state index is -0.239. The van der Waals surface area contributed by atoms with Crippen LogP contribution in [-0.2, 0) is 14.3 Å². The Kier molecular flexibility index (Phi) is 4.48. The van der Waals surface area contributed by atoms with Crippen molar-refractivity contribution in [2.24, 2.45) is 5.92 Å². The first kappa shape index (κ1) is 14.8. The van der Waals surface area contributed by atoms with Gasteiger partial charge in [0, 0.05) is 45.1 Å². The molecule has 3 aliphatic rings. The van der Waals surface area contributed by atoms with E-state index < -0.39 is 0 Å². The molecular formula is C16H26N2O3. The van der Waals surface area contributed by atoms with Crippen LogP contribution in [0, 0.1) is 5.92 Å². The normalized spacial score (nSPS) is 31.0. The molecule has 0 aromatic carbocycles.